The first-order chi connectivity index (χ1) is 10.1. The van der Waals surface area contributed by atoms with Crippen molar-refractivity contribution in [3.63, 3.8) is 0 Å². The molecule has 0 unspecified atom stereocenters. The molecule has 0 atom stereocenters. The molecule has 5 nitrogen and oxygen atoms in total. The molecule has 6 heteroatoms. The summed E-state index contributed by atoms with van der Waals surface area (Å²) in [4.78, 5) is 0. The average molecular weight is 310 g/mol. The molecular weight excluding hydrogens is 290 g/mol. The lowest BCUT2D eigenvalue weighted by molar-refractivity contribution is 0.292. The summed E-state index contributed by atoms with van der Waals surface area (Å²) >= 11 is 6.35. The Morgan fingerprint density at radius 2 is 2.10 bits per heavy atom. The average Bonchev–Trinajstić information content (AvgIpc) is 2.82. The Kier molecular flexibility index (Phi) is 4.96. The van der Waals surface area contributed by atoms with Crippen LogP contribution < -0.4 is 15.2 Å². The Bertz CT molecular complexity index is 626. The molecule has 114 valence electrons. The van der Waals surface area contributed by atoms with Crippen LogP contribution in [0.15, 0.2) is 18.2 Å². The van der Waals surface area contributed by atoms with Crippen molar-refractivity contribution in [1.29, 1.82) is 0 Å². The zero-order chi connectivity index (χ0) is 15.4. The Hall–Kier alpha value is -1.88. The van der Waals surface area contributed by atoms with E-state index in [1.165, 1.54) is 0 Å². The Labute approximate surface area is 129 Å². The Balaban J connectivity index is 2.22. The fraction of sp³-hybridized carbons (Fsp3) is 0.400. The summed E-state index contributed by atoms with van der Waals surface area (Å²) in [7, 11) is 1.60. The van der Waals surface area contributed by atoms with E-state index in [4.69, 9.17) is 26.8 Å². The van der Waals surface area contributed by atoms with Crippen LogP contribution in [0.5, 0.6) is 11.5 Å². The quantitative estimate of drug-likeness (QED) is 0.832. The molecule has 0 radical (unpaired) electrons. The molecule has 2 aromatic rings. The summed E-state index contributed by atoms with van der Waals surface area (Å²) < 4.78 is 12.8. The van der Waals surface area contributed by atoms with E-state index in [0.29, 0.717) is 28.8 Å². The first-order valence-corrected chi connectivity index (χ1v) is 7.28. The molecular formula is C15H20ClN3O2. The maximum absolute atomic E-state index is 6.35. The summed E-state index contributed by atoms with van der Waals surface area (Å²) in [5, 5.41) is 5.13. The Morgan fingerprint density at radius 1 is 1.33 bits per heavy atom. The predicted octanol–water partition coefficient (Wildman–Crippen LogP) is 3.29. The minimum Gasteiger partial charge on any atom is -0.497 e. The van der Waals surface area contributed by atoms with Gasteiger partial charge in [-0.15, -0.1) is 0 Å². The van der Waals surface area contributed by atoms with E-state index in [9.17, 15) is 0 Å². The molecule has 0 saturated heterocycles. The number of nitrogens with two attached hydrogens (primary N) is 1. The topological polar surface area (TPSA) is 62.3 Å². The summed E-state index contributed by atoms with van der Waals surface area (Å²) in [5.74, 6) is 1.27. The molecule has 2 N–H and O–H groups in total. The highest BCUT2D eigenvalue weighted by Gasteiger charge is 2.15. The highest BCUT2D eigenvalue weighted by molar-refractivity contribution is 6.31. The number of methoxy groups -OCH3 is 1. The number of rotatable bonds is 6. The zero-order valence-electron chi connectivity index (χ0n) is 12.5. The molecule has 0 aliphatic heterocycles. The van der Waals surface area contributed by atoms with Gasteiger partial charge in [0.1, 0.15) is 18.1 Å². The molecule has 0 bridgehead atoms. The SMILES string of the molecule is CCc1nn(CC)c(COc2cc(OC)ccc2N)c1Cl. The largest absolute Gasteiger partial charge is 0.497 e. The third kappa shape index (κ3) is 3.24. The number of ether oxygens (including phenoxy) is 2. The molecule has 2 rings (SSSR count). The summed E-state index contributed by atoms with van der Waals surface area (Å²) in [5.41, 5.74) is 8.22. The molecule has 0 aliphatic rings. The second-order valence-corrected chi connectivity index (χ2v) is 4.95. The second kappa shape index (κ2) is 6.72. The van der Waals surface area contributed by atoms with Crippen LogP contribution in [0.3, 0.4) is 0 Å². The Morgan fingerprint density at radius 3 is 2.71 bits per heavy atom. The van der Waals surface area contributed by atoms with Crippen LogP contribution >= 0.6 is 11.6 Å². The van der Waals surface area contributed by atoms with Crippen LogP contribution in [0.25, 0.3) is 0 Å². The van der Waals surface area contributed by atoms with Crippen molar-refractivity contribution in [2.45, 2.75) is 33.4 Å². The monoisotopic (exact) mass is 309 g/mol. The number of hydrogen-bond acceptors (Lipinski definition) is 4. The number of nitrogens with zero attached hydrogens (tertiary/aromatic N) is 2. The molecule has 0 saturated carbocycles. The van der Waals surface area contributed by atoms with E-state index >= 15 is 0 Å². The van der Waals surface area contributed by atoms with Gasteiger partial charge < -0.3 is 15.2 Å². The maximum Gasteiger partial charge on any atom is 0.146 e. The number of nitrogen functional groups attached to an aromatic ring is 1. The van der Waals surface area contributed by atoms with Gasteiger partial charge in [0.15, 0.2) is 0 Å². The van der Waals surface area contributed by atoms with Crippen LogP contribution in [-0.4, -0.2) is 16.9 Å². The number of aromatic nitrogens is 2. The third-order valence-corrected chi connectivity index (χ3v) is 3.72. The molecule has 21 heavy (non-hydrogen) atoms. The number of benzene rings is 1. The smallest absolute Gasteiger partial charge is 0.146 e. The van der Waals surface area contributed by atoms with Crippen LogP contribution in [-0.2, 0) is 19.6 Å². The maximum atomic E-state index is 6.35. The molecule has 1 aromatic heterocycles. The van der Waals surface area contributed by atoms with Gasteiger partial charge >= 0.3 is 0 Å². The van der Waals surface area contributed by atoms with Crippen molar-refractivity contribution in [1.82, 2.24) is 9.78 Å². The van der Waals surface area contributed by atoms with Crippen molar-refractivity contribution in [3.05, 3.63) is 34.6 Å². The third-order valence-electron chi connectivity index (χ3n) is 3.28. The minimum absolute atomic E-state index is 0.317. The van der Waals surface area contributed by atoms with E-state index < -0.39 is 0 Å². The van der Waals surface area contributed by atoms with Gasteiger partial charge in [0.25, 0.3) is 0 Å². The lowest BCUT2D eigenvalue weighted by Crippen LogP contribution is -2.07. The fourth-order valence-corrected chi connectivity index (χ4v) is 2.39. The standard InChI is InChI=1S/C15H20ClN3O2/c1-4-12-15(16)13(19(5-2)18-12)9-21-14-8-10(20-3)6-7-11(14)17/h6-8H,4-5,9,17H2,1-3H3. The van der Waals surface area contributed by atoms with E-state index in [1.807, 2.05) is 18.5 Å². The van der Waals surface area contributed by atoms with Crippen molar-refractivity contribution >= 4 is 17.3 Å². The van der Waals surface area contributed by atoms with Crippen molar-refractivity contribution in [2.75, 3.05) is 12.8 Å². The lowest BCUT2D eigenvalue weighted by atomic mass is 10.2. The van der Waals surface area contributed by atoms with Gasteiger partial charge in [-0.3, -0.25) is 4.68 Å². The fourth-order valence-electron chi connectivity index (χ4n) is 2.07. The van der Waals surface area contributed by atoms with Gasteiger partial charge in [-0.1, -0.05) is 18.5 Å². The zero-order valence-corrected chi connectivity index (χ0v) is 13.3. The molecule has 0 spiro atoms. The van der Waals surface area contributed by atoms with Crippen molar-refractivity contribution in [2.24, 2.45) is 0 Å². The molecule has 0 aliphatic carbocycles. The predicted molar refractivity (Wildman–Crippen MR) is 84.0 cm³/mol. The highest BCUT2D eigenvalue weighted by atomic mass is 35.5. The van der Waals surface area contributed by atoms with Gasteiger partial charge in [0.2, 0.25) is 0 Å². The van der Waals surface area contributed by atoms with Crippen molar-refractivity contribution < 1.29 is 9.47 Å². The molecule has 1 heterocycles. The van der Waals surface area contributed by atoms with Gasteiger partial charge in [-0.25, -0.2) is 0 Å². The van der Waals surface area contributed by atoms with Crippen LogP contribution in [0, 0.1) is 0 Å². The summed E-state index contributed by atoms with van der Waals surface area (Å²) in [6.07, 6.45) is 0.792. The first-order valence-electron chi connectivity index (χ1n) is 6.91. The molecule has 0 fully saturated rings. The normalized spacial score (nSPS) is 10.7. The van der Waals surface area contributed by atoms with Crippen LogP contribution in [0.2, 0.25) is 5.02 Å². The highest BCUT2D eigenvalue weighted by Crippen LogP contribution is 2.29. The van der Waals surface area contributed by atoms with E-state index in [0.717, 1.165) is 24.4 Å². The number of hydrogen-bond donors (Lipinski definition) is 1. The van der Waals surface area contributed by atoms with E-state index in [-0.39, 0.29) is 0 Å². The van der Waals surface area contributed by atoms with Crippen LogP contribution in [0.1, 0.15) is 25.2 Å². The van der Waals surface area contributed by atoms with Crippen LogP contribution in [0.4, 0.5) is 5.69 Å². The minimum atomic E-state index is 0.317. The lowest BCUT2D eigenvalue weighted by Gasteiger charge is -2.11. The summed E-state index contributed by atoms with van der Waals surface area (Å²) in [6.45, 7) is 5.11. The number of halogens is 1. The van der Waals surface area contributed by atoms with E-state index in [1.54, 1.807) is 25.3 Å². The number of aryl methyl sites for hydroxylation is 2. The van der Waals surface area contributed by atoms with Gasteiger partial charge in [-0.05, 0) is 25.5 Å². The molecule has 1 aromatic carbocycles. The van der Waals surface area contributed by atoms with Gasteiger partial charge in [0, 0.05) is 12.6 Å². The van der Waals surface area contributed by atoms with E-state index in [2.05, 4.69) is 5.10 Å². The van der Waals surface area contributed by atoms with Gasteiger partial charge in [0.05, 0.1) is 29.2 Å². The summed E-state index contributed by atoms with van der Waals surface area (Å²) in [6, 6.07) is 5.31. The number of anilines is 1. The second-order valence-electron chi connectivity index (χ2n) is 4.57. The first kappa shape index (κ1) is 15.5. The van der Waals surface area contributed by atoms with Gasteiger partial charge in [-0.2, -0.15) is 5.10 Å². The molecule has 0 amide bonds. The van der Waals surface area contributed by atoms with Crippen molar-refractivity contribution in [3.8, 4) is 11.5 Å².